The summed E-state index contributed by atoms with van der Waals surface area (Å²) in [5, 5.41) is 6.19. The average Bonchev–Trinajstić information content (AvgIpc) is 2.43. The number of hydrogen-bond acceptors (Lipinski definition) is 1. The molecule has 1 saturated carbocycles. The number of benzene rings is 1. The van der Waals surface area contributed by atoms with E-state index in [-0.39, 0.29) is 6.03 Å². The first kappa shape index (κ1) is 14.2. The summed E-state index contributed by atoms with van der Waals surface area (Å²) in [4.78, 5) is 11.8. The van der Waals surface area contributed by atoms with Crippen LogP contribution in [0.4, 0.5) is 10.5 Å². The van der Waals surface area contributed by atoms with Gasteiger partial charge in [0.05, 0.1) is 15.7 Å². The lowest BCUT2D eigenvalue weighted by Gasteiger charge is -2.14. The molecule has 1 aromatic carbocycles. The van der Waals surface area contributed by atoms with Crippen molar-refractivity contribution in [2.75, 3.05) is 5.32 Å². The molecule has 0 bridgehead atoms. The molecule has 0 aromatic heterocycles. The minimum Gasteiger partial charge on any atom is -0.314 e. The predicted molar refractivity (Wildman–Crippen MR) is 79.8 cm³/mol. The summed E-state index contributed by atoms with van der Waals surface area (Å²) in [6.07, 6.45) is 7.62. The second-order valence-corrected chi connectivity index (χ2v) is 5.35. The van der Waals surface area contributed by atoms with Gasteiger partial charge in [-0.25, -0.2) is 4.79 Å². The van der Waals surface area contributed by atoms with Gasteiger partial charge in [0.1, 0.15) is 0 Å². The van der Waals surface area contributed by atoms with Crippen LogP contribution in [0.1, 0.15) is 32.1 Å². The van der Waals surface area contributed by atoms with Gasteiger partial charge in [-0.1, -0.05) is 41.3 Å². The molecule has 0 atom stereocenters. The van der Waals surface area contributed by atoms with Crippen LogP contribution in [0.15, 0.2) is 30.0 Å². The summed E-state index contributed by atoms with van der Waals surface area (Å²) >= 11 is 11.9. The highest BCUT2D eigenvalue weighted by atomic mass is 35.5. The van der Waals surface area contributed by atoms with Gasteiger partial charge >= 0.3 is 6.03 Å². The van der Waals surface area contributed by atoms with Crippen molar-refractivity contribution in [1.29, 1.82) is 0 Å². The lowest BCUT2D eigenvalue weighted by molar-refractivity contribution is 0.255. The molecular formula is C14H16Cl2N2O. The molecule has 1 fully saturated rings. The molecule has 1 aliphatic carbocycles. The second kappa shape index (κ2) is 6.83. The zero-order chi connectivity index (χ0) is 13.7. The molecule has 19 heavy (non-hydrogen) atoms. The maximum Gasteiger partial charge on any atom is 0.323 e. The molecule has 5 heteroatoms. The number of halogens is 2. The fraction of sp³-hybridized carbons (Fsp3) is 0.357. The van der Waals surface area contributed by atoms with E-state index in [2.05, 4.69) is 10.6 Å². The number of hydrogen-bond donors (Lipinski definition) is 2. The molecule has 0 aliphatic heterocycles. The lowest BCUT2D eigenvalue weighted by atomic mass is 9.96. The molecular weight excluding hydrogens is 283 g/mol. The highest BCUT2D eigenvalue weighted by Crippen LogP contribution is 2.29. The minimum absolute atomic E-state index is 0.303. The quantitative estimate of drug-likeness (QED) is 0.796. The standard InChI is InChI=1S/C14H16Cl2N2O/c15-11-7-4-8-12(13(11)16)18-14(19)17-9-10-5-2-1-3-6-10/h4,7-9H,1-3,5-6H2,(H2,17,18,19). The maximum absolute atomic E-state index is 11.8. The van der Waals surface area contributed by atoms with Gasteiger partial charge in [0.2, 0.25) is 0 Å². The van der Waals surface area contributed by atoms with Crippen LogP contribution >= 0.6 is 23.2 Å². The van der Waals surface area contributed by atoms with Crippen LogP contribution in [0, 0.1) is 0 Å². The van der Waals surface area contributed by atoms with Crippen LogP contribution in [0.2, 0.25) is 10.0 Å². The van der Waals surface area contributed by atoms with E-state index in [1.54, 1.807) is 24.4 Å². The molecule has 2 rings (SSSR count). The van der Waals surface area contributed by atoms with Crippen LogP contribution in [0.3, 0.4) is 0 Å². The van der Waals surface area contributed by atoms with Crippen LogP contribution in [0.5, 0.6) is 0 Å². The van der Waals surface area contributed by atoms with Gasteiger partial charge in [-0.15, -0.1) is 0 Å². The van der Waals surface area contributed by atoms with Crippen molar-refractivity contribution in [3.8, 4) is 0 Å². The Morgan fingerprint density at radius 2 is 1.89 bits per heavy atom. The average molecular weight is 299 g/mol. The summed E-state index contributed by atoms with van der Waals surface area (Å²) in [5.74, 6) is 0. The topological polar surface area (TPSA) is 41.1 Å². The van der Waals surface area contributed by atoms with Crippen LogP contribution < -0.4 is 10.6 Å². The number of allylic oxidation sites excluding steroid dienone is 1. The van der Waals surface area contributed by atoms with Crippen LogP contribution in [0.25, 0.3) is 0 Å². The Morgan fingerprint density at radius 1 is 1.16 bits per heavy atom. The molecule has 0 saturated heterocycles. The molecule has 0 radical (unpaired) electrons. The number of amides is 2. The SMILES string of the molecule is O=C(NC=C1CCCCC1)Nc1cccc(Cl)c1Cl. The van der Waals surface area contributed by atoms with Crippen molar-refractivity contribution in [2.24, 2.45) is 0 Å². The number of urea groups is 1. The van der Waals surface area contributed by atoms with Crippen LogP contribution in [-0.2, 0) is 0 Å². The zero-order valence-corrected chi connectivity index (χ0v) is 12.0. The molecule has 102 valence electrons. The van der Waals surface area contributed by atoms with Gasteiger partial charge in [0, 0.05) is 6.20 Å². The maximum atomic E-state index is 11.8. The Labute approximate surface area is 123 Å². The minimum atomic E-state index is -0.303. The van der Waals surface area contributed by atoms with Gasteiger partial charge < -0.3 is 10.6 Å². The Hall–Kier alpha value is -1.19. The van der Waals surface area contributed by atoms with Gasteiger partial charge in [-0.2, -0.15) is 0 Å². The molecule has 2 N–H and O–H groups in total. The van der Waals surface area contributed by atoms with Gasteiger partial charge in [-0.3, -0.25) is 0 Å². The molecule has 0 spiro atoms. The van der Waals surface area contributed by atoms with Gasteiger partial charge in [0.25, 0.3) is 0 Å². The molecule has 0 unspecified atom stereocenters. The fourth-order valence-electron chi connectivity index (χ4n) is 2.08. The summed E-state index contributed by atoms with van der Waals surface area (Å²) in [5.41, 5.74) is 1.80. The van der Waals surface area contributed by atoms with E-state index in [0.717, 1.165) is 12.8 Å². The first-order valence-corrected chi connectivity index (χ1v) is 7.12. The summed E-state index contributed by atoms with van der Waals surface area (Å²) in [7, 11) is 0. The first-order chi connectivity index (χ1) is 9.16. The smallest absolute Gasteiger partial charge is 0.314 e. The summed E-state index contributed by atoms with van der Waals surface area (Å²) in [6, 6.07) is 4.82. The Kier molecular flexibility index (Phi) is 5.11. The van der Waals surface area contributed by atoms with E-state index < -0.39 is 0 Å². The van der Waals surface area contributed by atoms with Crippen molar-refractivity contribution in [3.63, 3.8) is 0 Å². The highest BCUT2D eigenvalue weighted by molar-refractivity contribution is 6.43. The van der Waals surface area contributed by atoms with Crippen molar-refractivity contribution in [1.82, 2.24) is 5.32 Å². The number of anilines is 1. The highest BCUT2D eigenvalue weighted by Gasteiger charge is 2.08. The second-order valence-electron chi connectivity index (χ2n) is 4.56. The Morgan fingerprint density at radius 3 is 2.63 bits per heavy atom. The fourth-order valence-corrected chi connectivity index (χ4v) is 2.42. The van der Waals surface area contributed by atoms with Crippen molar-refractivity contribution in [2.45, 2.75) is 32.1 Å². The van der Waals surface area contributed by atoms with Gasteiger partial charge in [-0.05, 0) is 37.8 Å². The number of carbonyl (C=O) groups is 1. The van der Waals surface area contributed by atoms with Crippen molar-refractivity contribution < 1.29 is 4.79 Å². The largest absolute Gasteiger partial charge is 0.323 e. The Balaban J connectivity index is 1.92. The molecule has 1 aliphatic rings. The van der Waals surface area contributed by atoms with E-state index in [1.165, 1.54) is 24.8 Å². The van der Waals surface area contributed by atoms with E-state index >= 15 is 0 Å². The third-order valence-electron chi connectivity index (χ3n) is 3.10. The number of nitrogens with one attached hydrogen (secondary N) is 2. The van der Waals surface area contributed by atoms with Gasteiger partial charge in [0.15, 0.2) is 0 Å². The van der Waals surface area contributed by atoms with E-state index in [1.807, 2.05) is 0 Å². The Bertz CT molecular complexity index is 492. The van der Waals surface area contributed by atoms with E-state index in [0.29, 0.717) is 15.7 Å². The zero-order valence-electron chi connectivity index (χ0n) is 10.5. The molecule has 3 nitrogen and oxygen atoms in total. The normalized spacial score (nSPS) is 14.9. The summed E-state index contributed by atoms with van der Waals surface area (Å²) in [6.45, 7) is 0. The molecule has 0 heterocycles. The first-order valence-electron chi connectivity index (χ1n) is 6.36. The van der Waals surface area contributed by atoms with E-state index in [4.69, 9.17) is 23.2 Å². The summed E-state index contributed by atoms with van der Waals surface area (Å²) < 4.78 is 0. The van der Waals surface area contributed by atoms with Crippen molar-refractivity contribution >= 4 is 34.9 Å². The number of rotatable bonds is 2. The lowest BCUT2D eigenvalue weighted by Crippen LogP contribution is -2.24. The third-order valence-corrected chi connectivity index (χ3v) is 3.92. The monoisotopic (exact) mass is 298 g/mol. The predicted octanol–water partition coefficient (Wildman–Crippen LogP) is 4.96. The number of carbonyl (C=O) groups excluding carboxylic acids is 1. The van der Waals surface area contributed by atoms with Crippen molar-refractivity contribution in [3.05, 3.63) is 40.0 Å². The molecule has 1 aromatic rings. The third kappa shape index (κ3) is 4.15. The molecule has 2 amide bonds. The van der Waals surface area contributed by atoms with Crippen LogP contribution in [-0.4, -0.2) is 6.03 Å². The van der Waals surface area contributed by atoms with E-state index in [9.17, 15) is 4.79 Å².